The molecule has 0 spiro atoms. The fourth-order valence-electron chi connectivity index (χ4n) is 1.78. The van der Waals surface area contributed by atoms with Gasteiger partial charge in [0.05, 0.1) is 0 Å². The first kappa shape index (κ1) is 12.3. The molecular formula is C12H18ClNO. The van der Waals surface area contributed by atoms with Gasteiger partial charge in [0, 0.05) is 17.9 Å². The number of hydrogen-bond donors (Lipinski definition) is 1. The number of halogens is 1. The van der Waals surface area contributed by atoms with E-state index >= 15 is 0 Å². The SMILES string of the molecule is CC1(C)[C@H](N)C[C@@H]1Oc1ccccc1.Cl. The van der Waals surface area contributed by atoms with Gasteiger partial charge in [-0.3, -0.25) is 0 Å². The number of hydrogen-bond acceptors (Lipinski definition) is 2. The molecule has 0 unspecified atom stereocenters. The normalized spacial score (nSPS) is 27.4. The highest BCUT2D eigenvalue weighted by Crippen LogP contribution is 2.41. The highest BCUT2D eigenvalue weighted by Gasteiger charge is 2.47. The van der Waals surface area contributed by atoms with Crippen molar-refractivity contribution in [2.45, 2.75) is 32.4 Å². The van der Waals surface area contributed by atoms with Crippen molar-refractivity contribution in [3.63, 3.8) is 0 Å². The first-order chi connectivity index (χ1) is 6.60. The van der Waals surface area contributed by atoms with Crippen molar-refractivity contribution in [2.24, 2.45) is 11.1 Å². The zero-order valence-electron chi connectivity index (χ0n) is 9.14. The maximum atomic E-state index is 5.92. The van der Waals surface area contributed by atoms with Gasteiger partial charge < -0.3 is 10.5 Å². The van der Waals surface area contributed by atoms with Crippen LogP contribution in [0.4, 0.5) is 0 Å². The molecule has 2 nitrogen and oxygen atoms in total. The highest BCUT2D eigenvalue weighted by atomic mass is 35.5. The second-order valence-electron chi connectivity index (χ2n) is 4.58. The first-order valence-corrected chi connectivity index (χ1v) is 5.08. The molecule has 0 aliphatic heterocycles. The lowest BCUT2D eigenvalue weighted by molar-refractivity contribution is -0.0399. The monoisotopic (exact) mass is 227 g/mol. The largest absolute Gasteiger partial charge is 0.490 e. The molecule has 3 heteroatoms. The number of ether oxygens (including phenoxy) is 1. The van der Waals surface area contributed by atoms with Crippen LogP contribution in [0, 0.1) is 5.41 Å². The minimum Gasteiger partial charge on any atom is -0.490 e. The predicted molar refractivity (Wildman–Crippen MR) is 64.5 cm³/mol. The Morgan fingerprint density at radius 3 is 2.33 bits per heavy atom. The molecule has 0 radical (unpaired) electrons. The maximum Gasteiger partial charge on any atom is 0.119 e. The van der Waals surface area contributed by atoms with Crippen LogP contribution < -0.4 is 10.5 Å². The van der Waals surface area contributed by atoms with Crippen molar-refractivity contribution in [1.82, 2.24) is 0 Å². The van der Waals surface area contributed by atoms with Crippen LogP contribution in [-0.4, -0.2) is 12.1 Å². The Morgan fingerprint density at radius 2 is 1.87 bits per heavy atom. The van der Waals surface area contributed by atoms with Gasteiger partial charge in [-0.05, 0) is 12.1 Å². The Kier molecular flexibility index (Phi) is 3.63. The molecule has 1 aromatic rings. The lowest BCUT2D eigenvalue weighted by Crippen LogP contribution is -2.60. The van der Waals surface area contributed by atoms with Gasteiger partial charge in [-0.1, -0.05) is 32.0 Å². The average molecular weight is 228 g/mol. The van der Waals surface area contributed by atoms with Crippen molar-refractivity contribution in [3.05, 3.63) is 30.3 Å². The predicted octanol–water partition coefficient (Wildman–Crippen LogP) is 2.61. The van der Waals surface area contributed by atoms with Crippen molar-refractivity contribution in [1.29, 1.82) is 0 Å². The van der Waals surface area contributed by atoms with Crippen LogP contribution in [0.5, 0.6) is 5.75 Å². The van der Waals surface area contributed by atoms with Crippen LogP contribution in [0.2, 0.25) is 0 Å². The Balaban J connectivity index is 0.00000112. The van der Waals surface area contributed by atoms with E-state index in [0.717, 1.165) is 12.2 Å². The van der Waals surface area contributed by atoms with E-state index in [1.807, 2.05) is 30.3 Å². The average Bonchev–Trinajstić information content (AvgIpc) is 2.19. The summed E-state index contributed by atoms with van der Waals surface area (Å²) in [6, 6.07) is 10.2. The molecule has 1 aliphatic carbocycles. The van der Waals surface area contributed by atoms with Crippen LogP contribution in [0.15, 0.2) is 30.3 Å². The summed E-state index contributed by atoms with van der Waals surface area (Å²) in [5, 5.41) is 0. The minimum atomic E-state index is 0. The molecule has 1 aromatic carbocycles. The van der Waals surface area contributed by atoms with Crippen molar-refractivity contribution >= 4 is 12.4 Å². The molecule has 0 bridgehead atoms. The van der Waals surface area contributed by atoms with Crippen LogP contribution >= 0.6 is 12.4 Å². The summed E-state index contributed by atoms with van der Waals surface area (Å²) in [5.41, 5.74) is 6.03. The molecule has 2 atom stereocenters. The summed E-state index contributed by atoms with van der Waals surface area (Å²) in [7, 11) is 0. The van der Waals surface area contributed by atoms with Crippen LogP contribution in [0.25, 0.3) is 0 Å². The second-order valence-corrected chi connectivity index (χ2v) is 4.58. The Hall–Kier alpha value is -0.730. The number of nitrogens with two attached hydrogens (primary N) is 1. The van der Waals surface area contributed by atoms with E-state index in [2.05, 4.69) is 13.8 Å². The number of benzene rings is 1. The van der Waals surface area contributed by atoms with Crippen LogP contribution in [0.1, 0.15) is 20.3 Å². The Labute approximate surface area is 97.2 Å². The summed E-state index contributed by atoms with van der Waals surface area (Å²) >= 11 is 0. The van der Waals surface area contributed by atoms with Crippen molar-refractivity contribution in [3.8, 4) is 5.75 Å². The first-order valence-electron chi connectivity index (χ1n) is 5.08. The van der Waals surface area contributed by atoms with Gasteiger partial charge in [-0.2, -0.15) is 0 Å². The van der Waals surface area contributed by atoms with Gasteiger partial charge in [-0.15, -0.1) is 12.4 Å². The van der Waals surface area contributed by atoms with Crippen molar-refractivity contribution < 1.29 is 4.74 Å². The molecule has 84 valence electrons. The van der Waals surface area contributed by atoms with Gasteiger partial charge in [-0.25, -0.2) is 0 Å². The molecule has 1 saturated carbocycles. The zero-order valence-corrected chi connectivity index (χ0v) is 9.96. The van der Waals surface area contributed by atoms with E-state index in [4.69, 9.17) is 10.5 Å². The third-order valence-electron chi connectivity index (χ3n) is 3.28. The van der Waals surface area contributed by atoms with E-state index in [-0.39, 0.29) is 30.0 Å². The summed E-state index contributed by atoms with van der Waals surface area (Å²) in [4.78, 5) is 0. The molecule has 0 heterocycles. The molecule has 15 heavy (non-hydrogen) atoms. The molecule has 0 aromatic heterocycles. The standard InChI is InChI=1S/C12H17NO.ClH/c1-12(2)10(13)8-11(12)14-9-6-4-3-5-7-9;/h3-7,10-11H,8,13H2,1-2H3;1H/t10-,11+;/m1./s1. The summed E-state index contributed by atoms with van der Waals surface area (Å²) in [6.07, 6.45) is 1.22. The summed E-state index contributed by atoms with van der Waals surface area (Å²) in [6.45, 7) is 4.32. The Bertz CT molecular complexity index is 313. The molecular weight excluding hydrogens is 210 g/mol. The number of rotatable bonds is 2. The Morgan fingerprint density at radius 1 is 1.27 bits per heavy atom. The topological polar surface area (TPSA) is 35.2 Å². The summed E-state index contributed by atoms with van der Waals surface area (Å²) < 4.78 is 5.86. The minimum absolute atomic E-state index is 0. The molecule has 1 fully saturated rings. The molecule has 2 rings (SSSR count). The lowest BCUT2D eigenvalue weighted by Gasteiger charge is -2.49. The summed E-state index contributed by atoms with van der Waals surface area (Å²) in [5.74, 6) is 0.942. The van der Waals surface area contributed by atoms with Crippen molar-refractivity contribution in [2.75, 3.05) is 0 Å². The fraction of sp³-hybridized carbons (Fsp3) is 0.500. The molecule has 0 saturated heterocycles. The maximum absolute atomic E-state index is 5.92. The van der Waals surface area contributed by atoms with E-state index in [1.165, 1.54) is 0 Å². The van der Waals surface area contributed by atoms with E-state index < -0.39 is 0 Å². The lowest BCUT2D eigenvalue weighted by atomic mass is 9.65. The second kappa shape index (κ2) is 4.42. The van der Waals surface area contributed by atoms with Gasteiger partial charge in [0.25, 0.3) is 0 Å². The third-order valence-corrected chi connectivity index (χ3v) is 3.28. The fourth-order valence-corrected chi connectivity index (χ4v) is 1.78. The van der Waals surface area contributed by atoms with Crippen LogP contribution in [-0.2, 0) is 0 Å². The molecule has 0 amide bonds. The van der Waals surface area contributed by atoms with Crippen LogP contribution in [0.3, 0.4) is 0 Å². The quantitative estimate of drug-likeness (QED) is 0.843. The zero-order chi connectivity index (χ0) is 10.2. The smallest absolute Gasteiger partial charge is 0.119 e. The van der Waals surface area contributed by atoms with Gasteiger partial charge in [0.2, 0.25) is 0 Å². The van der Waals surface area contributed by atoms with E-state index in [1.54, 1.807) is 0 Å². The molecule has 2 N–H and O–H groups in total. The highest BCUT2D eigenvalue weighted by molar-refractivity contribution is 5.85. The molecule has 1 aliphatic rings. The van der Waals surface area contributed by atoms with E-state index in [9.17, 15) is 0 Å². The van der Waals surface area contributed by atoms with Gasteiger partial charge in [0.1, 0.15) is 11.9 Å². The van der Waals surface area contributed by atoms with E-state index in [0.29, 0.717) is 0 Å². The third kappa shape index (κ3) is 2.27. The number of para-hydroxylation sites is 1. The van der Waals surface area contributed by atoms with Gasteiger partial charge in [0.15, 0.2) is 0 Å². The van der Waals surface area contributed by atoms with Gasteiger partial charge >= 0.3 is 0 Å².